The highest BCUT2D eigenvalue weighted by Crippen LogP contribution is 2.39. The van der Waals surface area contributed by atoms with E-state index in [9.17, 15) is 27.5 Å². The molecule has 0 aliphatic carbocycles. The van der Waals surface area contributed by atoms with Gasteiger partial charge in [-0.15, -0.1) is 0 Å². The lowest BCUT2D eigenvalue weighted by molar-refractivity contribution is -0.0989. The predicted octanol–water partition coefficient (Wildman–Crippen LogP) is 6.66. The molecular formula is C36H40F4N6O4. The van der Waals surface area contributed by atoms with Crippen LogP contribution in [0, 0.1) is 5.82 Å². The topological polar surface area (TPSA) is 102 Å². The second-order valence-corrected chi connectivity index (χ2v) is 12.4. The molecule has 1 unspecified atom stereocenters. The second kappa shape index (κ2) is 15.3. The summed E-state index contributed by atoms with van der Waals surface area (Å²) in [5.41, 5.74) is 0.593. The van der Waals surface area contributed by atoms with Gasteiger partial charge in [0.15, 0.2) is 17.9 Å². The third-order valence-corrected chi connectivity index (χ3v) is 9.26. The van der Waals surface area contributed by atoms with Crippen molar-refractivity contribution in [2.75, 3.05) is 61.9 Å². The maximum absolute atomic E-state index is 14.2. The van der Waals surface area contributed by atoms with Gasteiger partial charge in [0, 0.05) is 39.3 Å². The summed E-state index contributed by atoms with van der Waals surface area (Å²) >= 11 is 0. The highest BCUT2D eigenvalue weighted by atomic mass is 19.4. The van der Waals surface area contributed by atoms with Crippen LogP contribution in [0.3, 0.4) is 0 Å². The molecule has 4 heterocycles. The Morgan fingerprint density at radius 1 is 0.980 bits per heavy atom. The summed E-state index contributed by atoms with van der Waals surface area (Å²) in [5.74, 6) is 0.859. The number of amides is 2. The Labute approximate surface area is 288 Å². The standard InChI is InChI=1S/C36H40F4N6O4/c1-49-30-11-5-2-7-26(30)24-15-17-45(18-16-24)32-12-6-8-27(36(38,39)40)33(50-32)34(47)42-25-13-14-31(41-23-25)44-19-21-46(22-20-44)35(48)43-29-10-4-3-9-28(29)37/h2-5,7,9-14,23-24,34,42,47H,6,8,15-22H2,1H3,(H,43,48). The zero-order valence-electron chi connectivity index (χ0n) is 27.6. The van der Waals surface area contributed by atoms with Gasteiger partial charge in [-0.05, 0) is 73.6 Å². The molecule has 6 rings (SSSR count). The van der Waals surface area contributed by atoms with Crippen molar-refractivity contribution in [1.82, 2.24) is 14.8 Å². The van der Waals surface area contributed by atoms with Crippen LogP contribution < -0.4 is 20.3 Å². The zero-order chi connectivity index (χ0) is 35.3. The molecule has 2 amide bonds. The number of allylic oxidation sites excluding steroid dienone is 2. The maximum atomic E-state index is 14.2. The molecule has 0 bridgehead atoms. The Morgan fingerprint density at radius 3 is 2.38 bits per heavy atom. The lowest BCUT2D eigenvalue weighted by Gasteiger charge is -2.36. The number of alkyl halides is 3. The molecular weight excluding hydrogens is 656 g/mol. The third kappa shape index (κ3) is 8.07. The molecule has 0 saturated carbocycles. The van der Waals surface area contributed by atoms with Gasteiger partial charge in [0.1, 0.15) is 17.4 Å². The van der Waals surface area contributed by atoms with Crippen LogP contribution in [-0.2, 0) is 4.74 Å². The van der Waals surface area contributed by atoms with Crippen LogP contribution in [0.15, 0.2) is 90.2 Å². The highest BCUT2D eigenvalue weighted by Gasteiger charge is 2.41. The molecule has 3 aliphatic rings. The summed E-state index contributed by atoms with van der Waals surface area (Å²) in [4.78, 5) is 22.5. The SMILES string of the molecule is COc1ccccc1C1CCN(C2=CCCC(C(F)(F)F)=C(C(O)Nc3ccc(N4CCN(C(=O)Nc5ccccc5F)CC4)nc3)O2)CC1. The Kier molecular flexibility index (Phi) is 10.7. The first-order chi connectivity index (χ1) is 24.1. The number of aliphatic hydroxyl groups excluding tert-OH is 1. The van der Waals surface area contributed by atoms with Crippen molar-refractivity contribution in [3.8, 4) is 5.75 Å². The van der Waals surface area contributed by atoms with Crippen LogP contribution in [0.5, 0.6) is 5.75 Å². The lowest BCUT2D eigenvalue weighted by atomic mass is 9.89. The minimum Gasteiger partial charge on any atom is -0.496 e. The van der Waals surface area contributed by atoms with Gasteiger partial charge in [-0.3, -0.25) is 0 Å². The molecule has 50 heavy (non-hydrogen) atoms. The Balaban J connectivity index is 1.06. The van der Waals surface area contributed by atoms with Crippen LogP contribution >= 0.6 is 0 Å². The zero-order valence-corrected chi connectivity index (χ0v) is 27.6. The number of hydrogen-bond acceptors (Lipinski definition) is 8. The fourth-order valence-electron chi connectivity index (χ4n) is 6.57. The number of carbonyl (C=O) groups is 1. The number of methoxy groups -OCH3 is 1. The number of nitrogens with zero attached hydrogens (tertiary/aromatic N) is 4. The minimum absolute atomic E-state index is 0.108. The van der Waals surface area contributed by atoms with E-state index in [0.717, 1.165) is 24.2 Å². The van der Waals surface area contributed by atoms with E-state index in [-0.39, 0.29) is 24.4 Å². The number of anilines is 3. The Bertz CT molecular complexity index is 1700. The summed E-state index contributed by atoms with van der Waals surface area (Å²) in [7, 11) is 1.64. The average Bonchev–Trinajstić information content (AvgIpc) is 3.37. The third-order valence-electron chi connectivity index (χ3n) is 9.26. The number of nitrogens with one attached hydrogen (secondary N) is 2. The monoisotopic (exact) mass is 696 g/mol. The van der Waals surface area contributed by atoms with Crippen molar-refractivity contribution >= 4 is 23.2 Å². The number of carbonyl (C=O) groups excluding carboxylic acids is 1. The number of aromatic nitrogens is 1. The number of urea groups is 1. The van der Waals surface area contributed by atoms with E-state index in [2.05, 4.69) is 15.6 Å². The fraction of sp³-hybridized carbons (Fsp3) is 0.389. The van der Waals surface area contributed by atoms with Crippen molar-refractivity contribution in [2.45, 2.75) is 44.0 Å². The summed E-state index contributed by atoms with van der Waals surface area (Å²) in [5, 5.41) is 16.4. The van der Waals surface area contributed by atoms with Crippen LogP contribution in [-0.4, -0.2) is 84.7 Å². The van der Waals surface area contributed by atoms with E-state index in [1.165, 1.54) is 18.3 Å². The van der Waals surface area contributed by atoms with Crippen LogP contribution in [0.25, 0.3) is 0 Å². The van der Waals surface area contributed by atoms with E-state index in [1.807, 2.05) is 34.1 Å². The summed E-state index contributed by atoms with van der Waals surface area (Å²) in [6.07, 6.45) is -2.09. The first-order valence-electron chi connectivity index (χ1n) is 16.6. The van der Waals surface area contributed by atoms with Gasteiger partial charge in [0.25, 0.3) is 0 Å². The van der Waals surface area contributed by atoms with Gasteiger partial charge in [-0.25, -0.2) is 14.2 Å². The van der Waals surface area contributed by atoms with E-state index >= 15 is 0 Å². The number of hydrogen-bond donors (Lipinski definition) is 3. The molecule has 10 nitrogen and oxygen atoms in total. The number of para-hydroxylation sites is 2. The lowest BCUT2D eigenvalue weighted by Crippen LogP contribution is -2.50. The number of benzene rings is 2. The van der Waals surface area contributed by atoms with E-state index < -0.39 is 35.6 Å². The maximum Gasteiger partial charge on any atom is 0.416 e. The molecule has 3 N–H and O–H groups in total. The van der Waals surface area contributed by atoms with Crippen molar-refractivity contribution < 1.29 is 36.9 Å². The smallest absolute Gasteiger partial charge is 0.416 e. The molecule has 1 aromatic heterocycles. The molecule has 2 aromatic carbocycles. The minimum atomic E-state index is -4.70. The Morgan fingerprint density at radius 2 is 1.70 bits per heavy atom. The number of pyridine rings is 1. The number of rotatable bonds is 8. The van der Waals surface area contributed by atoms with E-state index in [1.54, 1.807) is 42.4 Å². The number of aliphatic hydroxyl groups is 1. The van der Waals surface area contributed by atoms with Crippen LogP contribution in [0.4, 0.5) is 39.5 Å². The van der Waals surface area contributed by atoms with Crippen molar-refractivity contribution in [3.63, 3.8) is 0 Å². The van der Waals surface area contributed by atoms with Gasteiger partial charge in [-0.1, -0.05) is 30.3 Å². The quantitative estimate of drug-likeness (QED) is 0.178. The Hall–Kier alpha value is -4.98. The molecule has 266 valence electrons. The van der Waals surface area contributed by atoms with Crippen LogP contribution in [0.1, 0.15) is 37.2 Å². The van der Waals surface area contributed by atoms with Gasteiger partial charge < -0.3 is 39.9 Å². The molecule has 3 aliphatic heterocycles. The van der Waals surface area contributed by atoms with Crippen molar-refractivity contribution in [1.29, 1.82) is 0 Å². The molecule has 14 heteroatoms. The summed E-state index contributed by atoms with van der Waals surface area (Å²) in [6.45, 7) is 2.83. The number of piperazine rings is 1. The molecule has 2 saturated heterocycles. The molecule has 3 aromatic rings. The van der Waals surface area contributed by atoms with Crippen molar-refractivity contribution in [2.24, 2.45) is 0 Å². The van der Waals surface area contributed by atoms with Gasteiger partial charge in [0.05, 0.1) is 30.3 Å². The first kappa shape index (κ1) is 34.9. The number of halogens is 4. The van der Waals surface area contributed by atoms with E-state index in [4.69, 9.17) is 9.47 Å². The van der Waals surface area contributed by atoms with Crippen molar-refractivity contribution in [3.05, 3.63) is 102 Å². The molecule has 2 fully saturated rings. The van der Waals surface area contributed by atoms with Gasteiger partial charge in [0.2, 0.25) is 0 Å². The number of likely N-dealkylation sites (tertiary alicyclic amines) is 1. The second-order valence-electron chi connectivity index (χ2n) is 12.4. The predicted molar refractivity (Wildman–Crippen MR) is 181 cm³/mol. The number of ether oxygens (including phenoxy) is 2. The molecule has 1 atom stereocenters. The van der Waals surface area contributed by atoms with E-state index in [0.29, 0.717) is 56.7 Å². The largest absolute Gasteiger partial charge is 0.496 e. The normalized spacial score (nSPS) is 18.2. The molecule has 0 spiro atoms. The fourth-order valence-corrected chi connectivity index (χ4v) is 6.57. The summed E-state index contributed by atoms with van der Waals surface area (Å²) < 4.78 is 68.1. The summed E-state index contributed by atoms with van der Waals surface area (Å²) in [6, 6.07) is 16.7. The first-order valence-corrected chi connectivity index (χ1v) is 16.6. The average molecular weight is 697 g/mol. The highest BCUT2D eigenvalue weighted by molar-refractivity contribution is 5.89. The van der Waals surface area contributed by atoms with Gasteiger partial charge >= 0.3 is 12.2 Å². The van der Waals surface area contributed by atoms with Gasteiger partial charge in [-0.2, -0.15) is 13.2 Å². The van der Waals surface area contributed by atoms with Crippen LogP contribution in [0.2, 0.25) is 0 Å². The molecule has 0 radical (unpaired) electrons. The number of piperidine rings is 1.